The first kappa shape index (κ1) is 15.9. The van der Waals surface area contributed by atoms with Crippen molar-refractivity contribution in [2.45, 2.75) is 19.8 Å². The SMILES string of the molecule is C=CC(=O)OCCOC(=O)C1C=C(C)CCC1C(=O)O. The fraction of sp³-hybridized carbons (Fsp3) is 0.500. The molecular formula is C14H18O6. The molecule has 1 aliphatic carbocycles. The zero-order chi connectivity index (χ0) is 15.1. The van der Waals surface area contributed by atoms with Crippen molar-refractivity contribution in [3.8, 4) is 0 Å². The summed E-state index contributed by atoms with van der Waals surface area (Å²) in [5, 5.41) is 9.10. The molecule has 0 bridgehead atoms. The number of aliphatic carboxylic acids is 1. The monoisotopic (exact) mass is 282 g/mol. The van der Waals surface area contributed by atoms with Crippen LogP contribution in [-0.4, -0.2) is 36.2 Å². The molecule has 0 saturated heterocycles. The van der Waals surface area contributed by atoms with Gasteiger partial charge in [0.1, 0.15) is 13.2 Å². The van der Waals surface area contributed by atoms with E-state index in [0.717, 1.165) is 11.6 Å². The zero-order valence-corrected chi connectivity index (χ0v) is 11.3. The van der Waals surface area contributed by atoms with Crippen LogP contribution in [0.25, 0.3) is 0 Å². The Balaban J connectivity index is 2.51. The molecule has 1 N–H and O–H groups in total. The van der Waals surface area contributed by atoms with Crippen LogP contribution < -0.4 is 0 Å². The van der Waals surface area contributed by atoms with E-state index in [4.69, 9.17) is 9.84 Å². The second-order valence-electron chi connectivity index (χ2n) is 4.56. The third-order valence-corrected chi connectivity index (χ3v) is 3.08. The van der Waals surface area contributed by atoms with Gasteiger partial charge in [-0.25, -0.2) is 4.79 Å². The molecule has 0 heterocycles. The van der Waals surface area contributed by atoms with Crippen LogP contribution >= 0.6 is 0 Å². The summed E-state index contributed by atoms with van der Waals surface area (Å²) in [5.41, 5.74) is 0.975. The van der Waals surface area contributed by atoms with Crippen molar-refractivity contribution in [2.24, 2.45) is 11.8 Å². The number of ether oxygens (including phenoxy) is 2. The van der Waals surface area contributed by atoms with Crippen LogP contribution in [0.3, 0.4) is 0 Å². The minimum Gasteiger partial charge on any atom is -0.481 e. The van der Waals surface area contributed by atoms with Gasteiger partial charge in [-0.05, 0) is 19.8 Å². The minimum absolute atomic E-state index is 0.0796. The van der Waals surface area contributed by atoms with E-state index in [1.54, 1.807) is 6.08 Å². The van der Waals surface area contributed by atoms with Crippen molar-refractivity contribution in [2.75, 3.05) is 13.2 Å². The van der Waals surface area contributed by atoms with E-state index in [-0.39, 0.29) is 13.2 Å². The molecule has 6 heteroatoms. The van der Waals surface area contributed by atoms with Gasteiger partial charge in [-0.15, -0.1) is 0 Å². The average Bonchev–Trinajstić information content (AvgIpc) is 2.42. The molecule has 2 atom stereocenters. The van der Waals surface area contributed by atoms with Crippen LogP contribution in [0.4, 0.5) is 0 Å². The number of allylic oxidation sites excluding steroid dienone is 1. The van der Waals surface area contributed by atoms with Gasteiger partial charge < -0.3 is 14.6 Å². The Morgan fingerprint density at radius 2 is 2.05 bits per heavy atom. The topological polar surface area (TPSA) is 89.9 Å². The Labute approximate surface area is 117 Å². The summed E-state index contributed by atoms with van der Waals surface area (Å²) in [5.74, 6) is -3.75. The summed E-state index contributed by atoms with van der Waals surface area (Å²) in [7, 11) is 0. The summed E-state index contributed by atoms with van der Waals surface area (Å²) < 4.78 is 9.61. The van der Waals surface area contributed by atoms with Gasteiger partial charge in [-0.3, -0.25) is 9.59 Å². The average molecular weight is 282 g/mol. The van der Waals surface area contributed by atoms with Gasteiger partial charge in [0.2, 0.25) is 0 Å². The molecule has 0 fully saturated rings. The molecule has 0 spiro atoms. The maximum atomic E-state index is 11.9. The molecule has 0 amide bonds. The Morgan fingerprint density at radius 3 is 2.65 bits per heavy atom. The van der Waals surface area contributed by atoms with Crippen molar-refractivity contribution in [3.05, 3.63) is 24.3 Å². The smallest absolute Gasteiger partial charge is 0.330 e. The van der Waals surface area contributed by atoms with E-state index >= 15 is 0 Å². The second-order valence-corrected chi connectivity index (χ2v) is 4.56. The fourth-order valence-electron chi connectivity index (χ4n) is 2.02. The number of hydrogen-bond donors (Lipinski definition) is 1. The van der Waals surface area contributed by atoms with Gasteiger partial charge in [0.15, 0.2) is 0 Å². The highest BCUT2D eigenvalue weighted by atomic mass is 16.6. The summed E-state index contributed by atoms with van der Waals surface area (Å²) in [6.45, 7) is 4.90. The van der Waals surface area contributed by atoms with Crippen molar-refractivity contribution in [3.63, 3.8) is 0 Å². The number of carboxylic acid groups (broad SMARTS) is 1. The molecule has 0 radical (unpaired) electrons. The Hall–Kier alpha value is -2.11. The molecule has 1 rings (SSSR count). The molecule has 0 aromatic rings. The Kier molecular flexibility index (Phi) is 5.96. The largest absolute Gasteiger partial charge is 0.481 e. The molecular weight excluding hydrogens is 264 g/mol. The van der Waals surface area contributed by atoms with Crippen LogP contribution in [-0.2, 0) is 23.9 Å². The Morgan fingerprint density at radius 1 is 1.40 bits per heavy atom. The van der Waals surface area contributed by atoms with Crippen LogP contribution in [0.2, 0.25) is 0 Å². The molecule has 2 unspecified atom stereocenters. The zero-order valence-electron chi connectivity index (χ0n) is 11.3. The van der Waals surface area contributed by atoms with Gasteiger partial charge in [-0.1, -0.05) is 18.2 Å². The van der Waals surface area contributed by atoms with Crippen LogP contribution in [0.5, 0.6) is 0 Å². The van der Waals surface area contributed by atoms with Gasteiger partial charge in [-0.2, -0.15) is 0 Å². The number of carboxylic acids is 1. The molecule has 6 nitrogen and oxygen atoms in total. The lowest BCUT2D eigenvalue weighted by atomic mass is 9.81. The Bertz CT molecular complexity index is 437. The first-order chi connectivity index (χ1) is 9.45. The van der Waals surface area contributed by atoms with Gasteiger partial charge in [0.25, 0.3) is 0 Å². The van der Waals surface area contributed by atoms with Gasteiger partial charge >= 0.3 is 17.9 Å². The van der Waals surface area contributed by atoms with Crippen LogP contribution in [0.1, 0.15) is 19.8 Å². The van der Waals surface area contributed by atoms with Crippen LogP contribution in [0.15, 0.2) is 24.3 Å². The highest BCUT2D eigenvalue weighted by Crippen LogP contribution is 2.29. The lowest BCUT2D eigenvalue weighted by molar-refractivity contribution is -0.158. The molecule has 1 aliphatic rings. The van der Waals surface area contributed by atoms with E-state index in [1.165, 1.54) is 0 Å². The number of carbonyl (C=O) groups excluding carboxylic acids is 2. The van der Waals surface area contributed by atoms with Crippen molar-refractivity contribution in [1.82, 2.24) is 0 Å². The molecule has 0 aromatic heterocycles. The predicted molar refractivity (Wildman–Crippen MR) is 69.7 cm³/mol. The number of carbonyl (C=O) groups is 3. The van der Waals surface area contributed by atoms with Crippen LogP contribution in [0, 0.1) is 11.8 Å². The first-order valence-electron chi connectivity index (χ1n) is 6.31. The molecule has 110 valence electrons. The first-order valence-corrected chi connectivity index (χ1v) is 6.31. The van der Waals surface area contributed by atoms with Gasteiger partial charge in [0, 0.05) is 6.08 Å². The fourth-order valence-corrected chi connectivity index (χ4v) is 2.02. The highest BCUT2D eigenvalue weighted by molar-refractivity contribution is 5.83. The summed E-state index contributed by atoms with van der Waals surface area (Å²) >= 11 is 0. The lowest BCUT2D eigenvalue weighted by Crippen LogP contribution is -2.33. The van der Waals surface area contributed by atoms with E-state index in [2.05, 4.69) is 11.3 Å². The maximum absolute atomic E-state index is 11.9. The number of esters is 2. The van der Waals surface area contributed by atoms with E-state index in [1.807, 2.05) is 6.92 Å². The number of hydrogen-bond acceptors (Lipinski definition) is 5. The third kappa shape index (κ3) is 4.53. The lowest BCUT2D eigenvalue weighted by Gasteiger charge is -2.24. The highest BCUT2D eigenvalue weighted by Gasteiger charge is 2.35. The van der Waals surface area contributed by atoms with Gasteiger partial charge in [0.05, 0.1) is 11.8 Å². The van der Waals surface area contributed by atoms with E-state index in [0.29, 0.717) is 12.8 Å². The normalized spacial score (nSPS) is 21.6. The summed E-state index contributed by atoms with van der Waals surface area (Å²) in [6.07, 6.45) is 3.73. The van der Waals surface area contributed by atoms with Crippen molar-refractivity contribution in [1.29, 1.82) is 0 Å². The van der Waals surface area contributed by atoms with E-state index in [9.17, 15) is 14.4 Å². The minimum atomic E-state index is -1.01. The summed E-state index contributed by atoms with van der Waals surface area (Å²) in [6, 6.07) is 0. The molecule has 0 saturated carbocycles. The second kappa shape index (κ2) is 7.47. The third-order valence-electron chi connectivity index (χ3n) is 3.08. The molecule has 0 aliphatic heterocycles. The molecule has 0 aromatic carbocycles. The standard InChI is InChI=1S/C14H18O6/c1-3-12(15)19-6-7-20-14(18)11-8-9(2)4-5-10(11)13(16)17/h3,8,10-11H,1,4-7H2,2H3,(H,16,17). The van der Waals surface area contributed by atoms with Crippen molar-refractivity contribution >= 4 is 17.9 Å². The predicted octanol–water partition coefficient (Wildman–Crippen LogP) is 1.32. The molecule has 20 heavy (non-hydrogen) atoms. The maximum Gasteiger partial charge on any atom is 0.330 e. The summed E-state index contributed by atoms with van der Waals surface area (Å²) in [4.78, 5) is 33.8. The number of rotatable bonds is 6. The quantitative estimate of drug-likeness (QED) is 0.342. The van der Waals surface area contributed by atoms with E-state index < -0.39 is 29.7 Å². The van der Waals surface area contributed by atoms with Crippen molar-refractivity contribution < 1.29 is 29.0 Å².